The zero-order chi connectivity index (χ0) is 14.1. The van der Waals surface area contributed by atoms with E-state index in [-0.39, 0.29) is 0 Å². The van der Waals surface area contributed by atoms with E-state index in [1.165, 1.54) is 25.7 Å². The smallest absolute Gasteiger partial charge is 0.0632 e. The van der Waals surface area contributed by atoms with Gasteiger partial charge in [0, 0.05) is 36.3 Å². The van der Waals surface area contributed by atoms with Crippen LogP contribution in [-0.4, -0.2) is 18.1 Å². The summed E-state index contributed by atoms with van der Waals surface area (Å²) < 4.78 is 0. The monoisotopic (exact) mass is 269 g/mol. The second-order valence-electron chi connectivity index (χ2n) is 6.12. The Morgan fingerprint density at radius 1 is 1.15 bits per heavy atom. The van der Waals surface area contributed by atoms with E-state index in [0.717, 1.165) is 28.1 Å². The highest BCUT2D eigenvalue weighted by atomic mass is 15.1. The highest BCUT2D eigenvalue weighted by Crippen LogP contribution is 2.35. The van der Waals surface area contributed by atoms with Gasteiger partial charge in [-0.25, -0.2) is 0 Å². The summed E-state index contributed by atoms with van der Waals surface area (Å²) in [5, 5.41) is 2.22. The molecule has 0 unspecified atom stereocenters. The van der Waals surface area contributed by atoms with E-state index in [1.54, 1.807) is 0 Å². The van der Waals surface area contributed by atoms with Crippen molar-refractivity contribution in [2.24, 2.45) is 5.92 Å². The summed E-state index contributed by atoms with van der Waals surface area (Å²) in [5.41, 5.74) is 8.42. The Labute approximate surface area is 120 Å². The maximum atomic E-state index is 6.38. The average Bonchev–Trinajstić information content (AvgIpc) is 2.48. The molecule has 0 aliphatic heterocycles. The Morgan fingerprint density at radius 2 is 1.90 bits per heavy atom. The number of nitrogen functional groups attached to an aromatic ring is 1. The molecule has 1 fully saturated rings. The van der Waals surface area contributed by atoms with Crippen LogP contribution in [-0.2, 0) is 0 Å². The number of fused-ring (bicyclic) bond motifs is 1. The van der Waals surface area contributed by atoms with Crippen LogP contribution in [0.15, 0.2) is 30.6 Å². The molecule has 1 heterocycles. The normalized spacial score (nSPS) is 22.9. The SMILES string of the molecule is CC1CCC(N(C)c2ccc3cnccc3c2N)CC1. The van der Waals surface area contributed by atoms with Gasteiger partial charge in [-0.3, -0.25) is 4.98 Å². The molecule has 0 amide bonds. The second-order valence-corrected chi connectivity index (χ2v) is 6.12. The van der Waals surface area contributed by atoms with Crippen molar-refractivity contribution in [1.29, 1.82) is 0 Å². The van der Waals surface area contributed by atoms with E-state index in [0.29, 0.717) is 6.04 Å². The second kappa shape index (κ2) is 5.31. The fourth-order valence-electron chi connectivity index (χ4n) is 3.32. The van der Waals surface area contributed by atoms with Crippen LogP contribution in [0.4, 0.5) is 11.4 Å². The third-order valence-electron chi connectivity index (χ3n) is 4.75. The Bertz CT molecular complexity index is 600. The molecule has 1 aliphatic rings. The zero-order valence-corrected chi connectivity index (χ0v) is 12.3. The molecule has 0 saturated heterocycles. The maximum absolute atomic E-state index is 6.38. The van der Waals surface area contributed by atoms with Crippen LogP contribution in [0.1, 0.15) is 32.6 Å². The Balaban J connectivity index is 1.91. The first-order valence-corrected chi connectivity index (χ1v) is 7.52. The molecule has 3 heteroatoms. The predicted molar refractivity (Wildman–Crippen MR) is 86.0 cm³/mol. The summed E-state index contributed by atoms with van der Waals surface area (Å²) in [6.07, 6.45) is 8.87. The third-order valence-corrected chi connectivity index (χ3v) is 4.75. The van der Waals surface area contributed by atoms with Crippen molar-refractivity contribution in [3.05, 3.63) is 30.6 Å². The molecular weight excluding hydrogens is 246 g/mol. The lowest BCUT2D eigenvalue weighted by Gasteiger charge is -2.35. The summed E-state index contributed by atoms with van der Waals surface area (Å²) >= 11 is 0. The van der Waals surface area contributed by atoms with Crippen LogP contribution in [0.3, 0.4) is 0 Å². The number of pyridine rings is 1. The van der Waals surface area contributed by atoms with Crippen molar-refractivity contribution in [3.8, 4) is 0 Å². The minimum absolute atomic E-state index is 0.618. The number of nitrogens with two attached hydrogens (primary N) is 1. The van der Waals surface area contributed by atoms with E-state index < -0.39 is 0 Å². The Morgan fingerprint density at radius 3 is 2.65 bits per heavy atom. The highest BCUT2D eigenvalue weighted by Gasteiger charge is 2.23. The van der Waals surface area contributed by atoms with Gasteiger partial charge >= 0.3 is 0 Å². The van der Waals surface area contributed by atoms with Gasteiger partial charge in [0.1, 0.15) is 0 Å². The summed E-state index contributed by atoms with van der Waals surface area (Å²) in [6, 6.07) is 6.88. The number of hydrogen-bond donors (Lipinski definition) is 1. The van der Waals surface area contributed by atoms with Gasteiger partial charge in [-0.2, -0.15) is 0 Å². The maximum Gasteiger partial charge on any atom is 0.0632 e. The number of hydrogen-bond acceptors (Lipinski definition) is 3. The largest absolute Gasteiger partial charge is 0.397 e. The molecule has 2 N–H and O–H groups in total. The summed E-state index contributed by atoms with van der Waals surface area (Å²) in [7, 11) is 2.18. The standard InChI is InChI=1S/C17H23N3/c1-12-3-6-14(7-4-12)20(2)16-8-5-13-11-19-10-9-15(13)17(16)18/h5,8-12,14H,3-4,6-7,18H2,1-2H3. The summed E-state index contributed by atoms with van der Waals surface area (Å²) in [5.74, 6) is 0.875. The lowest BCUT2D eigenvalue weighted by atomic mass is 9.86. The van der Waals surface area contributed by atoms with E-state index >= 15 is 0 Å². The van der Waals surface area contributed by atoms with Gasteiger partial charge in [0.2, 0.25) is 0 Å². The van der Waals surface area contributed by atoms with Crippen molar-refractivity contribution < 1.29 is 0 Å². The molecule has 0 radical (unpaired) electrons. The van der Waals surface area contributed by atoms with E-state index in [2.05, 4.69) is 36.0 Å². The average molecular weight is 269 g/mol. The summed E-state index contributed by atoms with van der Waals surface area (Å²) in [6.45, 7) is 2.35. The molecule has 20 heavy (non-hydrogen) atoms. The molecule has 2 aromatic rings. The Kier molecular flexibility index (Phi) is 3.51. The molecule has 3 nitrogen and oxygen atoms in total. The molecule has 0 atom stereocenters. The predicted octanol–water partition coefficient (Wildman–Crippen LogP) is 3.83. The quantitative estimate of drug-likeness (QED) is 0.842. The van der Waals surface area contributed by atoms with Crippen molar-refractivity contribution in [2.45, 2.75) is 38.6 Å². The molecule has 1 aromatic heterocycles. The van der Waals surface area contributed by atoms with Crippen molar-refractivity contribution in [1.82, 2.24) is 4.98 Å². The first-order valence-electron chi connectivity index (χ1n) is 7.52. The van der Waals surface area contributed by atoms with Crippen LogP contribution < -0.4 is 10.6 Å². The third kappa shape index (κ3) is 2.33. The van der Waals surface area contributed by atoms with Crippen molar-refractivity contribution in [2.75, 3.05) is 17.7 Å². The molecule has 1 aliphatic carbocycles. The lowest BCUT2D eigenvalue weighted by Crippen LogP contribution is -2.35. The topological polar surface area (TPSA) is 42.2 Å². The van der Waals surface area contributed by atoms with Crippen molar-refractivity contribution in [3.63, 3.8) is 0 Å². The van der Waals surface area contributed by atoms with Gasteiger partial charge in [0.15, 0.2) is 0 Å². The number of aromatic nitrogens is 1. The highest BCUT2D eigenvalue weighted by molar-refractivity contribution is 5.98. The van der Waals surface area contributed by atoms with E-state index in [9.17, 15) is 0 Å². The van der Waals surface area contributed by atoms with Crippen molar-refractivity contribution >= 4 is 22.1 Å². The minimum atomic E-state index is 0.618. The Hall–Kier alpha value is -1.77. The van der Waals surface area contributed by atoms with Gasteiger partial charge in [-0.05, 0) is 43.7 Å². The van der Waals surface area contributed by atoms with Crippen LogP contribution >= 0.6 is 0 Å². The fraction of sp³-hybridized carbons (Fsp3) is 0.471. The van der Waals surface area contributed by atoms with Crippen LogP contribution in [0.25, 0.3) is 10.8 Å². The van der Waals surface area contributed by atoms with Gasteiger partial charge < -0.3 is 10.6 Å². The minimum Gasteiger partial charge on any atom is -0.397 e. The fourth-order valence-corrected chi connectivity index (χ4v) is 3.32. The molecule has 3 rings (SSSR count). The van der Waals surface area contributed by atoms with Crippen LogP contribution in [0.2, 0.25) is 0 Å². The molecule has 0 spiro atoms. The number of rotatable bonds is 2. The number of nitrogens with zero attached hydrogens (tertiary/aromatic N) is 2. The van der Waals surface area contributed by atoms with E-state index in [1.807, 2.05) is 18.5 Å². The zero-order valence-electron chi connectivity index (χ0n) is 12.3. The molecule has 1 aromatic carbocycles. The lowest BCUT2D eigenvalue weighted by molar-refractivity contribution is 0.341. The van der Waals surface area contributed by atoms with Gasteiger partial charge in [-0.1, -0.05) is 13.0 Å². The van der Waals surface area contributed by atoms with Crippen LogP contribution in [0, 0.1) is 5.92 Å². The molecular formula is C17H23N3. The number of benzene rings is 1. The molecule has 0 bridgehead atoms. The number of anilines is 2. The van der Waals surface area contributed by atoms with Gasteiger partial charge in [-0.15, -0.1) is 0 Å². The molecule has 1 saturated carbocycles. The van der Waals surface area contributed by atoms with Crippen LogP contribution in [0.5, 0.6) is 0 Å². The molecule has 106 valence electrons. The van der Waals surface area contributed by atoms with E-state index in [4.69, 9.17) is 5.73 Å². The summed E-state index contributed by atoms with van der Waals surface area (Å²) in [4.78, 5) is 6.53. The first-order chi connectivity index (χ1) is 9.66. The van der Waals surface area contributed by atoms with Gasteiger partial charge in [0.25, 0.3) is 0 Å². The first kappa shape index (κ1) is 13.2. The van der Waals surface area contributed by atoms with Gasteiger partial charge in [0.05, 0.1) is 11.4 Å².